The standard InChI is InChI=1S/C26H22FNO3/c27-23-11-19(14-28-15-21(16-28)26(29)30)7-9-22(23)25-13-20-8-6-18(12-24(20)31-25)10-17-4-2-1-3-5-17/h1-9,11-13,21H,10,14-16H2,(H,29,30). The molecular weight excluding hydrogens is 393 g/mol. The van der Waals surface area contributed by atoms with Crippen molar-refractivity contribution in [2.75, 3.05) is 13.1 Å². The third kappa shape index (κ3) is 4.09. The lowest BCUT2D eigenvalue weighted by molar-refractivity contribution is -0.147. The molecule has 0 amide bonds. The van der Waals surface area contributed by atoms with E-state index in [1.165, 1.54) is 11.6 Å². The fourth-order valence-electron chi connectivity index (χ4n) is 4.12. The summed E-state index contributed by atoms with van der Waals surface area (Å²) in [6.45, 7) is 1.56. The van der Waals surface area contributed by atoms with E-state index >= 15 is 0 Å². The zero-order chi connectivity index (χ0) is 21.4. The van der Waals surface area contributed by atoms with Gasteiger partial charge in [-0.1, -0.05) is 48.5 Å². The maximum absolute atomic E-state index is 14.8. The van der Waals surface area contributed by atoms with Crippen LogP contribution in [-0.2, 0) is 17.8 Å². The Morgan fingerprint density at radius 2 is 1.74 bits per heavy atom. The Balaban J connectivity index is 1.33. The second-order valence-electron chi connectivity index (χ2n) is 8.19. The Labute approximate surface area is 179 Å². The number of halogens is 1. The number of likely N-dealkylation sites (tertiary alicyclic amines) is 1. The highest BCUT2D eigenvalue weighted by Gasteiger charge is 2.32. The molecule has 156 valence electrons. The summed E-state index contributed by atoms with van der Waals surface area (Å²) in [5.41, 5.74) is 4.37. The zero-order valence-electron chi connectivity index (χ0n) is 16.9. The van der Waals surface area contributed by atoms with E-state index in [0.29, 0.717) is 31.0 Å². The lowest BCUT2D eigenvalue weighted by Gasteiger charge is -2.36. The molecule has 3 aromatic carbocycles. The van der Waals surface area contributed by atoms with E-state index in [9.17, 15) is 9.18 Å². The molecule has 1 aliphatic heterocycles. The molecular formula is C26H22FNO3. The maximum atomic E-state index is 14.8. The highest BCUT2D eigenvalue weighted by atomic mass is 19.1. The van der Waals surface area contributed by atoms with Crippen molar-refractivity contribution in [2.45, 2.75) is 13.0 Å². The lowest BCUT2D eigenvalue weighted by Crippen LogP contribution is -2.49. The summed E-state index contributed by atoms with van der Waals surface area (Å²) in [7, 11) is 0. The number of carbonyl (C=O) groups is 1. The minimum atomic E-state index is -0.769. The van der Waals surface area contributed by atoms with Gasteiger partial charge < -0.3 is 9.52 Å². The van der Waals surface area contributed by atoms with Crippen LogP contribution in [0.15, 0.2) is 77.2 Å². The molecule has 1 fully saturated rings. The van der Waals surface area contributed by atoms with Gasteiger partial charge in [0.1, 0.15) is 17.2 Å². The quantitative estimate of drug-likeness (QED) is 0.461. The largest absolute Gasteiger partial charge is 0.481 e. The number of aliphatic carboxylic acids is 1. The van der Waals surface area contributed by atoms with Crippen LogP contribution in [0.25, 0.3) is 22.3 Å². The van der Waals surface area contributed by atoms with Crippen LogP contribution < -0.4 is 0 Å². The van der Waals surface area contributed by atoms with Crippen LogP contribution in [-0.4, -0.2) is 29.1 Å². The maximum Gasteiger partial charge on any atom is 0.309 e. The number of nitrogens with zero attached hydrogens (tertiary/aromatic N) is 1. The van der Waals surface area contributed by atoms with Crippen LogP contribution in [0.1, 0.15) is 16.7 Å². The molecule has 31 heavy (non-hydrogen) atoms. The van der Waals surface area contributed by atoms with Crippen molar-refractivity contribution >= 4 is 16.9 Å². The van der Waals surface area contributed by atoms with Crippen molar-refractivity contribution in [1.29, 1.82) is 0 Å². The van der Waals surface area contributed by atoms with Crippen molar-refractivity contribution in [3.8, 4) is 11.3 Å². The number of hydrogen-bond acceptors (Lipinski definition) is 3. The lowest BCUT2D eigenvalue weighted by atomic mass is 9.99. The summed E-state index contributed by atoms with van der Waals surface area (Å²) in [6, 6.07) is 23.3. The molecule has 0 atom stereocenters. The highest BCUT2D eigenvalue weighted by Crippen LogP contribution is 2.31. The van der Waals surface area contributed by atoms with Crippen LogP contribution in [0.2, 0.25) is 0 Å². The van der Waals surface area contributed by atoms with Crippen LogP contribution in [0.4, 0.5) is 4.39 Å². The smallest absolute Gasteiger partial charge is 0.309 e. The van der Waals surface area contributed by atoms with Gasteiger partial charge in [-0.3, -0.25) is 9.69 Å². The molecule has 0 aliphatic carbocycles. The van der Waals surface area contributed by atoms with Crippen LogP contribution in [0, 0.1) is 11.7 Å². The second kappa shape index (κ2) is 8.00. The molecule has 0 spiro atoms. The average molecular weight is 415 g/mol. The number of hydrogen-bond donors (Lipinski definition) is 1. The zero-order valence-corrected chi connectivity index (χ0v) is 16.9. The number of fused-ring (bicyclic) bond motifs is 1. The highest BCUT2D eigenvalue weighted by molar-refractivity contribution is 5.83. The Bertz CT molecular complexity index is 1240. The van der Waals surface area contributed by atoms with Gasteiger partial charge in [0.2, 0.25) is 0 Å². The van der Waals surface area contributed by atoms with Gasteiger partial charge in [-0.2, -0.15) is 0 Å². The monoisotopic (exact) mass is 415 g/mol. The van der Waals surface area contributed by atoms with Crippen LogP contribution in [0.3, 0.4) is 0 Å². The summed E-state index contributed by atoms with van der Waals surface area (Å²) >= 11 is 0. The van der Waals surface area contributed by atoms with Gasteiger partial charge >= 0.3 is 5.97 Å². The third-order valence-electron chi connectivity index (χ3n) is 5.85. The summed E-state index contributed by atoms with van der Waals surface area (Å²) in [4.78, 5) is 12.9. The number of furan rings is 1. The molecule has 0 bridgehead atoms. The summed E-state index contributed by atoms with van der Waals surface area (Å²) in [5.74, 6) is -0.914. The molecule has 0 saturated carbocycles. The SMILES string of the molecule is O=C(O)C1CN(Cc2ccc(-c3cc4ccc(Cc5ccccc5)cc4o3)c(F)c2)C1. The van der Waals surface area contributed by atoms with Gasteiger partial charge in [0.05, 0.1) is 11.5 Å². The van der Waals surface area contributed by atoms with Crippen molar-refractivity contribution in [2.24, 2.45) is 5.92 Å². The van der Waals surface area contributed by atoms with Crippen LogP contribution in [0.5, 0.6) is 0 Å². The molecule has 1 aliphatic rings. The van der Waals surface area contributed by atoms with Crippen LogP contribution >= 0.6 is 0 Å². The van der Waals surface area contributed by atoms with Crippen molar-refractivity contribution in [3.05, 3.63) is 95.3 Å². The van der Waals surface area contributed by atoms with E-state index in [2.05, 4.69) is 18.2 Å². The number of benzene rings is 3. The van der Waals surface area contributed by atoms with Gasteiger partial charge in [-0.25, -0.2) is 4.39 Å². The van der Waals surface area contributed by atoms with Gasteiger partial charge in [0, 0.05) is 25.0 Å². The Morgan fingerprint density at radius 3 is 2.48 bits per heavy atom. The molecule has 4 nitrogen and oxygen atoms in total. The fraction of sp³-hybridized carbons (Fsp3) is 0.192. The molecule has 1 saturated heterocycles. The first-order valence-electron chi connectivity index (χ1n) is 10.4. The van der Waals surface area contributed by atoms with Crippen molar-refractivity contribution in [1.82, 2.24) is 4.90 Å². The molecule has 0 unspecified atom stereocenters. The predicted octanol–water partition coefficient (Wildman–Crippen LogP) is 5.35. The fourth-order valence-corrected chi connectivity index (χ4v) is 4.12. The minimum absolute atomic E-state index is 0.313. The van der Waals surface area contributed by atoms with E-state index in [1.807, 2.05) is 47.4 Å². The van der Waals surface area contributed by atoms with Gasteiger partial charge in [-0.05, 0) is 47.4 Å². The van der Waals surface area contributed by atoms with E-state index in [4.69, 9.17) is 9.52 Å². The molecule has 1 aromatic heterocycles. The first-order valence-corrected chi connectivity index (χ1v) is 10.4. The summed E-state index contributed by atoms with van der Waals surface area (Å²) in [6.07, 6.45) is 0.815. The normalized spacial score (nSPS) is 14.6. The van der Waals surface area contributed by atoms with Gasteiger partial charge in [0.25, 0.3) is 0 Å². The molecule has 4 aromatic rings. The predicted molar refractivity (Wildman–Crippen MR) is 117 cm³/mol. The minimum Gasteiger partial charge on any atom is -0.481 e. The first-order chi connectivity index (χ1) is 15.0. The number of carboxylic acid groups (broad SMARTS) is 1. The second-order valence-corrected chi connectivity index (χ2v) is 8.19. The van der Waals surface area contributed by atoms with Crippen molar-refractivity contribution in [3.63, 3.8) is 0 Å². The van der Waals surface area contributed by atoms with E-state index < -0.39 is 5.97 Å². The van der Waals surface area contributed by atoms with E-state index in [-0.39, 0.29) is 11.7 Å². The first kappa shape index (κ1) is 19.5. The molecule has 1 N–H and O–H groups in total. The van der Waals surface area contributed by atoms with Crippen molar-refractivity contribution < 1.29 is 18.7 Å². The summed E-state index contributed by atoms with van der Waals surface area (Å²) < 4.78 is 20.8. The number of carboxylic acids is 1. The van der Waals surface area contributed by atoms with Gasteiger partial charge in [-0.15, -0.1) is 0 Å². The number of rotatable bonds is 6. The van der Waals surface area contributed by atoms with Gasteiger partial charge in [0.15, 0.2) is 0 Å². The summed E-state index contributed by atoms with van der Waals surface area (Å²) in [5, 5.41) is 9.92. The Kier molecular flexibility index (Phi) is 5.04. The molecule has 5 rings (SSSR count). The Morgan fingerprint density at radius 1 is 0.968 bits per heavy atom. The molecule has 2 heterocycles. The third-order valence-corrected chi connectivity index (χ3v) is 5.85. The van der Waals surface area contributed by atoms with E-state index in [1.54, 1.807) is 6.07 Å². The van der Waals surface area contributed by atoms with E-state index in [0.717, 1.165) is 28.5 Å². The Hall–Kier alpha value is -3.44. The molecule has 5 heteroatoms. The average Bonchev–Trinajstić information content (AvgIpc) is 3.14. The topological polar surface area (TPSA) is 53.7 Å². The molecule has 0 radical (unpaired) electrons.